The van der Waals surface area contributed by atoms with Crippen LogP contribution in [0.2, 0.25) is 10.0 Å². The Hall–Kier alpha value is -1.97. The van der Waals surface area contributed by atoms with Crippen molar-refractivity contribution in [3.63, 3.8) is 0 Å². The minimum Gasteiger partial charge on any atom is -0.382 e. The predicted octanol–water partition coefficient (Wildman–Crippen LogP) is 4.94. The van der Waals surface area contributed by atoms with Gasteiger partial charge in [0.2, 0.25) is 0 Å². The van der Waals surface area contributed by atoms with E-state index in [0.717, 1.165) is 22.4 Å². The highest BCUT2D eigenvalue weighted by molar-refractivity contribution is 6.42. The highest BCUT2D eigenvalue weighted by Gasteiger charge is 2.15. The number of rotatable bonds is 2. The van der Waals surface area contributed by atoms with Gasteiger partial charge in [-0.3, -0.25) is 5.10 Å². The Morgan fingerprint density at radius 2 is 1.81 bits per heavy atom. The molecule has 5 heteroatoms. The number of hydrogen-bond donors (Lipinski definition) is 2. The summed E-state index contributed by atoms with van der Waals surface area (Å²) in [5.41, 5.74) is 10.8. The lowest BCUT2D eigenvalue weighted by molar-refractivity contribution is 1.10. The van der Waals surface area contributed by atoms with Gasteiger partial charge in [0.05, 0.1) is 21.3 Å². The van der Waals surface area contributed by atoms with Crippen LogP contribution >= 0.6 is 23.2 Å². The van der Waals surface area contributed by atoms with Gasteiger partial charge in [0.15, 0.2) is 5.82 Å². The van der Waals surface area contributed by atoms with E-state index >= 15 is 0 Å². The van der Waals surface area contributed by atoms with Crippen molar-refractivity contribution in [2.75, 3.05) is 5.73 Å². The Labute approximate surface area is 132 Å². The van der Waals surface area contributed by atoms with Crippen LogP contribution in [-0.2, 0) is 0 Å². The van der Waals surface area contributed by atoms with Crippen molar-refractivity contribution < 1.29 is 0 Å². The summed E-state index contributed by atoms with van der Waals surface area (Å²) in [6, 6.07) is 13.6. The van der Waals surface area contributed by atoms with Gasteiger partial charge in [0.1, 0.15) is 0 Å². The Kier molecular flexibility index (Phi) is 3.62. The number of nitrogens with two attached hydrogens (primary N) is 1. The zero-order chi connectivity index (χ0) is 15.0. The van der Waals surface area contributed by atoms with Crippen molar-refractivity contribution in [2.45, 2.75) is 6.92 Å². The largest absolute Gasteiger partial charge is 0.382 e. The van der Waals surface area contributed by atoms with Gasteiger partial charge in [-0.2, -0.15) is 5.10 Å². The molecule has 2 aromatic carbocycles. The van der Waals surface area contributed by atoms with Gasteiger partial charge in [0, 0.05) is 5.56 Å². The first kappa shape index (κ1) is 14.0. The van der Waals surface area contributed by atoms with Gasteiger partial charge in [-0.25, -0.2) is 0 Å². The van der Waals surface area contributed by atoms with Gasteiger partial charge in [0.25, 0.3) is 0 Å². The Morgan fingerprint density at radius 3 is 2.52 bits per heavy atom. The van der Waals surface area contributed by atoms with Gasteiger partial charge >= 0.3 is 0 Å². The van der Waals surface area contributed by atoms with E-state index in [1.54, 1.807) is 12.1 Å². The van der Waals surface area contributed by atoms with E-state index in [-0.39, 0.29) is 0 Å². The fourth-order valence-corrected chi connectivity index (χ4v) is 2.61. The third kappa shape index (κ3) is 2.62. The quantitative estimate of drug-likeness (QED) is 0.703. The van der Waals surface area contributed by atoms with Gasteiger partial charge in [-0.05, 0) is 30.7 Å². The molecule has 0 atom stereocenters. The number of H-pyrrole nitrogens is 1. The normalized spacial score (nSPS) is 10.8. The molecule has 21 heavy (non-hydrogen) atoms. The summed E-state index contributed by atoms with van der Waals surface area (Å²) >= 11 is 12.1. The molecule has 0 amide bonds. The smallest absolute Gasteiger partial charge is 0.153 e. The first-order valence-electron chi connectivity index (χ1n) is 6.42. The van der Waals surface area contributed by atoms with E-state index in [1.165, 1.54) is 5.56 Å². The average molecular weight is 318 g/mol. The monoisotopic (exact) mass is 317 g/mol. The first-order chi connectivity index (χ1) is 10.1. The number of anilines is 1. The molecule has 3 aromatic rings. The maximum atomic E-state index is 6.10. The molecule has 0 aliphatic carbocycles. The molecule has 0 bridgehead atoms. The van der Waals surface area contributed by atoms with E-state index in [0.29, 0.717) is 15.9 Å². The number of nitrogen functional groups attached to an aromatic ring is 1. The lowest BCUT2D eigenvalue weighted by Gasteiger charge is -2.07. The Morgan fingerprint density at radius 1 is 1.00 bits per heavy atom. The number of hydrogen-bond acceptors (Lipinski definition) is 2. The van der Waals surface area contributed by atoms with Crippen LogP contribution in [0.15, 0.2) is 42.5 Å². The third-order valence-electron chi connectivity index (χ3n) is 3.31. The molecular formula is C16H13Cl2N3. The number of aromatic amines is 1. The third-order valence-corrected chi connectivity index (χ3v) is 4.05. The highest BCUT2D eigenvalue weighted by atomic mass is 35.5. The molecule has 3 rings (SSSR count). The second kappa shape index (κ2) is 5.43. The van der Waals surface area contributed by atoms with Crippen molar-refractivity contribution >= 4 is 29.0 Å². The van der Waals surface area contributed by atoms with Crippen LogP contribution in [-0.4, -0.2) is 10.2 Å². The van der Waals surface area contributed by atoms with Crippen LogP contribution in [0.4, 0.5) is 5.82 Å². The van der Waals surface area contributed by atoms with E-state index in [1.807, 2.05) is 31.2 Å². The molecule has 3 nitrogen and oxygen atoms in total. The summed E-state index contributed by atoms with van der Waals surface area (Å²) in [7, 11) is 0. The van der Waals surface area contributed by atoms with Crippen molar-refractivity contribution in [1.82, 2.24) is 10.2 Å². The van der Waals surface area contributed by atoms with Crippen LogP contribution in [0.1, 0.15) is 5.56 Å². The molecule has 3 N–H and O–H groups in total. The number of nitrogens with one attached hydrogen (secondary N) is 1. The summed E-state index contributed by atoms with van der Waals surface area (Å²) in [4.78, 5) is 0. The van der Waals surface area contributed by atoms with E-state index in [9.17, 15) is 0 Å². The van der Waals surface area contributed by atoms with Crippen LogP contribution in [0.5, 0.6) is 0 Å². The summed E-state index contributed by atoms with van der Waals surface area (Å²) in [5, 5.41) is 8.13. The number of nitrogens with zero attached hydrogens (tertiary/aromatic N) is 1. The number of halogens is 2. The zero-order valence-electron chi connectivity index (χ0n) is 11.3. The molecule has 0 saturated carbocycles. The molecule has 0 fully saturated rings. The fraction of sp³-hybridized carbons (Fsp3) is 0.0625. The molecule has 106 valence electrons. The fourth-order valence-electron chi connectivity index (χ4n) is 2.31. The summed E-state index contributed by atoms with van der Waals surface area (Å²) in [6.07, 6.45) is 0. The van der Waals surface area contributed by atoms with Crippen molar-refractivity contribution in [3.05, 3.63) is 58.1 Å². The van der Waals surface area contributed by atoms with Crippen LogP contribution in [0.3, 0.4) is 0 Å². The van der Waals surface area contributed by atoms with Gasteiger partial charge in [-0.1, -0.05) is 53.0 Å². The van der Waals surface area contributed by atoms with E-state index in [4.69, 9.17) is 28.9 Å². The standard InChI is InChI=1S/C16H13Cl2N3/c1-9-3-2-4-11(7-9)15-14(16(19)21-20-15)10-5-6-12(17)13(18)8-10/h2-8H,1H3,(H3,19,20,21). The van der Waals surface area contributed by atoms with E-state index < -0.39 is 0 Å². The molecule has 1 heterocycles. The predicted molar refractivity (Wildman–Crippen MR) is 88.6 cm³/mol. The van der Waals surface area contributed by atoms with Crippen LogP contribution in [0, 0.1) is 6.92 Å². The summed E-state index contributed by atoms with van der Waals surface area (Å²) in [6.45, 7) is 2.04. The second-order valence-corrected chi connectivity index (χ2v) is 5.67. The van der Waals surface area contributed by atoms with Crippen molar-refractivity contribution in [1.29, 1.82) is 0 Å². The lowest BCUT2D eigenvalue weighted by atomic mass is 10.00. The Balaban J connectivity index is 2.19. The summed E-state index contributed by atoms with van der Waals surface area (Å²) in [5.74, 6) is 0.435. The lowest BCUT2D eigenvalue weighted by Crippen LogP contribution is -1.89. The van der Waals surface area contributed by atoms with Crippen molar-refractivity contribution in [2.24, 2.45) is 0 Å². The number of benzene rings is 2. The molecule has 0 aliphatic rings. The second-order valence-electron chi connectivity index (χ2n) is 4.86. The molecule has 0 unspecified atom stereocenters. The topological polar surface area (TPSA) is 54.7 Å². The molecule has 1 aromatic heterocycles. The summed E-state index contributed by atoms with van der Waals surface area (Å²) < 4.78 is 0. The van der Waals surface area contributed by atoms with E-state index in [2.05, 4.69) is 16.3 Å². The maximum Gasteiger partial charge on any atom is 0.153 e. The van der Waals surface area contributed by atoms with Gasteiger partial charge in [-0.15, -0.1) is 0 Å². The van der Waals surface area contributed by atoms with Gasteiger partial charge < -0.3 is 5.73 Å². The van der Waals surface area contributed by atoms with Crippen molar-refractivity contribution in [3.8, 4) is 22.4 Å². The minimum absolute atomic E-state index is 0.435. The zero-order valence-corrected chi connectivity index (χ0v) is 12.8. The maximum absolute atomic E-state index is 6.10. The molecular weight excluding hydrogens is 305 g/mol. The number of aromatic nitrogens is 2. The Bertz CT molecular complexity index is 809. The molecule has 0 aliphatic heterocycles. The molecule has 0 saturated heterocycles. The van der Waals surface area contributed by atoms with Crippen LogP contribution in [0.25, 0.3) is 22.4 Å². The highest BCUT2D eigenvalue weighted by Crippen LogP contribution is 2.37. The molecule has 0 spiro atoms. The number of aryl methyl sites for hydroxylation is 1. The average Bonchev–Trinajstić information content (AvgIpc) is 2.84. The van der Waals surface area contributed by atoms with Crippen LogP contribution < -0.4 is 5.73 Å². The minimum atomic E-state index is 0.435. The SMILES string of the molecule is Cc1cccc(-c2[nH]nc(N)c2-c2ccc(Cl)c(Cl)c2)c1. The molecule has 0 radical (unpaired) electrons. The first-order valence-corrected chi connectivity index (χ1v) is 7.18.